The molecule has 4 saturated carbocycles. The van der Waals surface area contributed by atoms with Gasteiger partial charge in [0.05, 0.1) is 29.9 Å². The minimum Gasteiger partial charge on any atom is -0.445 e. The van der Waals surface area contributed by atoms with Crippen molar-refractivity contribution in [2.45, 2.75) is 122 Å². The molecule has 0 unspecified atom stereocenters. The van der Waals surface area contributed by atoms with Crippen molar-refractivity contribution < 1.29 is 19.7 Å². The maximum absolute atomic E-state index is 11.3. The second-order valence-electron chi connectivity index (χ2n) is 13.8. The molecule has 0 radical (unpaired) electrons. The van der Waals surface area contributed by atoms with E-state index in [-0.39, 0.29) is 16.2 Å². The fourth-order valence-electron chi connectivity index (χ4n) is 8.24. The first-order valence-corrected chi connectivity index (χ1v) is 15.3. The van der Waals surface area contributed by atoms with Gasteiger partial charge in [-0.05, 0) is 91.6 Å². The molecule has 0 bridgehead atoms. The van der Waals surface area contributed by atoms with Gasteiger partial charge in [-0.1, -0.05) is 64.2 Å². The van der Waals surface area contributed by atoms with Gasteiger partial charge in [0.25, 0.3) is 0 Å². The summed E-state index contributed by atoms with van der Waals surface area (Å²) >= 11 is 0. The van der Waals surface area contributed by atoms with Gasteiger partial charge in [0.15, 0.2) is 0 Å². The first-order valence-electron chi connectivity index (χ1n) is 15.3. The van der Waals surface area contributed by atoms with Gasteiger partial charge in [0, 0.05) is 12.8 Å². The van der Waals surface area contributed by atoms with Crippen molar-refractivity contribution in [3.8, 4) is 0 Å². The average molecular weight is 536 g/mol. The van der Waals surface area contributed by atoms with Gasteiger partial charge in [-0.3, -0.25) is 0 Å². The van der Waals surface area contributed by atoms with Crippen LogP contribution in [0, 0.1) is 22.7 Å². The number of aliphatic hydroxyl groups excluding tert-OH is 3. The smallest absolute Gasteiger partial charge is 0.203 e. The summed E-state index contributed by atoms with van der Waals surface area (Å²) < 4.78 is 6.04. The highest BCUT2D eigenvalue weighted by Gasteiger charge is 2.55. The summed E-state index contributed by atoms with van der Waals surface area (Å²) in [5, 5.41) is 31.7. The van der Waals surface area contributed by atoms with Crippen LogP contribution in [0.15, 0.2) is 58.2 Å². The molecule has 6 atom stereocenters. The average Bonchev–Trinajstić information content (AvgIpc) is 3.41. The number of fused-ring (bicyclic) bond motifs is 1. The van der Waals surface area contributed by atoms with E-state index >= 15 is 0 Å². The van der Waals surface area contributed by atoms with Crippen molar-refractivity contribution >= 4 is 0 Å². The van der Waals surface area contributed by atoms with Crippen molar-refractivity contribution in [2.24, 2.45) is 22.7 Å². The molecular weight excluding hydrogens is 486 g/mol. The summed E-state index contributed by atoms with van der Waals surface area (Å²) in [7, 11) is 0. The topological polar surface area (TPSA) is 86.7 Å². The number of oxazole rings is 1. The number of aromatic nitrogens is 1. The van der Waals surface area contributed by atoms with Crippen molar-refractivity contribution in [2.75, 3.05) is 0 Å². The molecule has 5 nitrogen and oxygen atoms in total. The maximum Gasteiger partial charge on any atom is 0.203 e. The maximum atomic E-state index is 11.3. The molecule has 39 heavy (non-hydrogen) atoms. The van der Waals surface area contributed by atoms with Crippen molar-refractivity contribution in [1.29, 1.82) is 0 Å². The Morgan fingerprint density at radius 1 is 1.21 bits per heavy atom. The zero-order valence-corrected chi connectivity index (χ0v) is 24.5. The van der Waals surface area contributed by atoms with Crippen LogP contribution in [-0.4, -0.2) is 38.6 Å². The van der Waals surface area contributed by atoms with E-state index in [0.29, 0.717) is 30.6 Å². The van der Waals surface area contributed by atoms with Crippen molar-refractivity contribution in [3.05, 3.63) is 65.5 Å². The second-order valence-corrected chi connectivity index (χ2v) is 13.8. The van der Waals surface area contributed by atoms with Gasteiger partial charge in [-0.2, -0.15) is 0 Å². The molecule has 0 aromatic carbocycles. The molecule has 5 heteroatoms. The van der Waals surface area contributed by atoms with E-state index in [1.807, 2.05) is 12.3 Å². The van der Waals surface area contributed by atoms with E-state index in [1.54, 1.807) is 0 Å². The van der Waals surface area contributed by atoms with Crippen molar-refractivity contribution in [1.82, 2.24) is 4.98 Å². The van der Waals surface area contributed by atoms with Gasteiger partial charge in [0.1, 0.15) is 5.76 Å². The number of rotatable bonds is 8. The first-order chi connectivity index (χ1) is 18.5. The molecule has 4 aliphatic rings. The number of aryl methyl sites for hydroxylation is 1. The van der Waals surface area contributed by atoms with Crippen LogP contribution < -0.4 is 0 Å². The zero-order valence-electron chi connectivity index (χ0n) is 24.5. The lowest BCUT2D eigenvalue weighted by Gasteiger charge is -2.47. The van der Waals surface area contributed by atoms with E-state index in [0.717, 1.165) is 49.0 Å². The number of nitrogens with zero attached hydrogens (tertiary/aromatic N) is 1. The van der Waals surface area contributed by atoms with Crippen LogP contribution in [-0.2, 0) is 11.8 Å². The predicted molar refractivity (Wildman–Crippen MR) is 155 cm³/mol. The summed E-state index contributed by atoms with van der Waals surface area (Å²) in [4.78, 5) is 4.54. The molecule has 214 valence electrons. The fourth-order valence-corrected chi connectivity index (χ4v) is 8.24. The van der Waals surface area contributed by atoms with Gasteiger partial charge in [-0.25, -0.2) is 4.98 Å². The molecule has 1 heterocycles. The Hall–Kier alpha value is -1.95. The normalized spacial score (nSPS) is 35.6. The molecule has 4 aliphatic carbocycles. The van der Waals surface area contributed by atoms with Crippen LogP contribution >= 0.6 is 0 Å². The third-order valence-corrected chi connectivity index (χ3v) is 10.7. The number of allylic oxidation sites excluding steroid dienone is 4. The van der Waals surface area contributed by atoms with E-state index < -0.39 is 18.3 Å². The van der Waals surface area contributed by atoms with Crippen LogP contribution in [0.2, 0.25) is 0 Å². The monoisotopic (exact) mass is 535 g/mol. The molecule has 1 aromatic heterocycles. The van der Waals surface area contributed by atoms with Gasteiger partial charge < -0.3 is 19.7 Å². The van der Waals surface area contributed by atoms with E-state index in [9.17, 15) is 15.3 Å². The van der Waals surface area contributed by atoms with E-state index in [2.05, 4.69) is 57.5 Å². The van der Waals surface area contributed by atoms with Gasteiger partial charge in [-0.15, -0.1) is 0 Å². The molecule has 5 rings (SSSR count). The fraction of sp³-hybridized carbons (Fsp3) is 0.676. The Morgan fingerprint density at radius 2 is 1.97 bits per heavy atom. The van der Waals surface area contributed by atoms with Crippen LogP contribution in [0.25, 0.3) is 0 Å². The highest BCUT2D eigenvalue weighted by atomic mass is 16.4. The Kier molecular flexibility index (Phi) is 7.91. The lowest BCUT2D eigenvalue weighted by Crippen LogP contribution is -2.39. The Bertz CT molecular complexity index is 1150. The quantitative estimate of drug-likeness (QED) is 0.321. The van der Waals surface area contributed by atoms with Crippen LogP contribution in [0.5, 0.6) is 0 Å². The largest absolute Gasteiger partial charge is 0.445 e. The number of aliphatic hydroxyl groups is 3. The van der Waals surface area contributed by atoms with E-state index in [1.165, 1.54) is 31.3 Å². The second kappa shape index (κ2) is 10.8. The molecule has 0 saturated heterocycles. The molecule has 0 spiro atoms. The summed E-state index contributed by atoms with van der Waals surface area (Å²) in [6, 6.07) is 0. The third kappa shape index (κ3) is 5.39. The molecule has 3 N–H and O–H groups in total. The lowest BCUT2D eigenvalue weighted by molar-refractivity contribution is 0.0705. The van der Waals surface area contributed by atoms with E-state index in [4.69, 9.17) is 4.42 Å². The first kappa shape index (κ1) is 28.6. The van der Waals surface area contributed by atoms with Crippen LogP contribution in [0.1, 0.15) is 104 Å². The molecule has 1 aromatic rings. The SMILES string of the molecule is C=C1C(=CC=C2CCC[C@]3(C)[C@@H](C(C)(C)C=C[C@@H](O)C4(c5ncc(CCC)o5)CC4)CC[C@@H]23)C[C@@H](O)C[C@@H]1O. The van der Waals surface area contributed by atoms with Crippen molar-refractivity contribution in [3.63, 3.8) is 0 Å². The Morgan fingerprint density at radius 3 is 2.69 bits per heavy atom. The lowest BCUT2D eigenvalue weighted by atomic mass is 9.57. The summed E-state index contributed by atoms with van der Waals surface area (Å²) in [6.45, 7) is 13.4. The summed E-state index contributed by atoms with van der Waals surface area (Å²) in [5.41, 5.74) is 3.04. The van der Waals surface area contributed by atoms with Crippen LogP contribution in [0.3, 0.4) is 0 Å². The third-order valence-electron chi connectivity index (χ3n) is 10.7. The number of hydrogen-bond donors (Lipinski definition) is 3. The van der Waals surface area contributed by atoms with Gasteiger partial charge in [0.2, 0.25) is 5.89 Å². The van der Waals surface area contributed by atoms with Crippen LogP contribution in [0.4, 0.5) is 0 Å². The molecular formula is C34H49NO4. The predicted octanol–water partition coefficient (Wildman–Crippen LogP) is 6.74. The molecule has 4 fully saturated rings. The molecule has 0 aliphatic heterocycles. The minimum absolute atomic E-state index is 0.0443. The van der Waals surface area contributed by atoms with Gasteiger partial charge >= 0.3 is 0 Å². The molecule has 0 amide bonds. The Labute approximate surface area is 234 Å². The summed E-state index contributed by atoms with van der Waals surface area (Å²) in [5.74, 6) is 2.68. The highest BCUT2D eigenvalue weighted by molar-refractivity contribution is 5.39. The standard InChI is InChI=1S/C34H49NO4/c1-6-8-26-21-35-31(39-26)34(17-18-34)30(38)14-16-32(3,4)29-13-12-27-23(9-7-15-33(27,29)5)10-11-24-19-25(36)20-28(37)22(24)2/h10-11,14,16,21,25,27-30,36-38H,2,6-9,12-13,15,17-20H2,1,3-5H3/t25-,27+,28+,29-,30-,33+/m1/s1. The summed E-state index contributed by atoms with van der Waals surface area (Å²) in [6.07, 6.45) is 19.4. The zero-order chi connectivity index (χ0) is 28.0. The minimum atomic E-state index is -0.648. The number of hydrogen-bond acceptors (Lipinski definition) is 5. The Balaban J connectivity index is 1.31. The highest BCUT2D eigenvalue weighted by Crippen LogP contribution is 2.62.